The third-order valence-electron chi connectivity index (χ3n) is 6.04. The molecule has 1 heterocycles. The van der Waals surface area contributed by atoms with E-state index < -0.39 is 5.97 Å². The van der Waals surface area contributed by atoms with Crippen molar-refractivity contribution in [2.24, 2.45) is 0 Å². The third kappa shape index (κ3) is 7.41. The second-order valence-corrected chi connectivity index (χ2v) is 11.6. The molecule has 10 heteroatoms. The van der Waals surface area contributed by atoms with E-state index in [0.29, 0.717) is 44.6 Å². The van der Waals surface area contributed by atoms with Gasteiger partial charge in [-0.1, -0.05) is 71.4 Å². The highest BCUT2D eigenvalue weighted by Crippen LogP contribution is 2.37. The predicted molar refractivity (Wildman–Crippen MR) is 163 cm³/mol. The number of hydrogen-bond acceptors (Lipinski definition) is 6. The maximum absolute atomic E-state index is 13.3. The van der Waals surface area contributed by atoms with Crippen LogP contribution in [0.2, 0.25) is 10.0 Å². The molecule has 39 heavy (non-hydrogen) atoms. The van der Waals surface area contributed by atoms with Gasteiger partial charge in [0.05, 0.1) is 20.5 Å². The molecule has 0 radical (unpaired) electrons. The van der Waals surface area contributed by atoms with Crippen molar-refractivity contribution in [3.05, 3.63) is 92.3 Å². The summed E-state index contributed by atoms with van der Waals surface area (Å²) in [6, 6.07) is 17.9. The Morgan fingerprint density at radius 3 is 2.41 bits per heavy atom. The molecule has 4 rings (SSSR count). The second-order valence-electron chi connectivity index (χ2n) is 9.12. The van der Waals surface area contributed by atoms with Crippen molar-refractivity contribution in [2.45, 2.75) is 6.42 Å². The van der Waals surface area contributed by atoms with Crippen LogP contribution in [0, 0.1) is 0 Å². The molecule has 0 aliphatic carbocycles. The molecule has 1 amide bonds. The molecule has 0 spiro atoms. The summed E-state index contributed by atoms with van der Waals surface area (Å²) in [4.78, 5) is 28.5. The fraction of sp³-hybridized carbons (Fsp3) is 0.207. The number of carbonyl (C=O) groups is 2. The minimum Gasteiger partial charge on any atom is -0.492 e. The lowest BCUT2D eigenvalue weighted by Gasteiger charge is -2.15. The molecular weight excluding hydrogens is 575 g/mol. The summed E-state index contributed by atoms with van der Waals surface area (Å²) in [5, 5.41) is 10.0. The van der Waals surface area contributed by atoms with Gasteiger partial charge in [-0.3, -0.25) is 9.69 Å². The van der Waals surface area contributed by atoms with Gasteiger partial charge in [-0.2, -0.15) is 0 Å². The minimum absolute atomic E-state index is 0.175. The second kappa shape index (κ2) is 13.0. The highest BCUT2D eigenvalue weighted by molar-refractivity contribution is 8.26. The van der Waals surface area contributed by atoms with Crippen LogP contribution < -0.4 is 4.74 Å². The van der Waals surface area contributed by atoms with Gasteiger partial charge in [0.2, 0.25) is 0 Å². The lowest BCUT2D eigenvalue weighted by atomic mass is 10.0. The number of benzene rings is 3. The van der Waals surface area contributed by atoms with Gasteiger partial charge in [-0.25, -0.2) is 4.79 Å². The summed E-state index contributed by atoms with van der Waals surface area (Å²) in [5.41, 5.74) is 3.69. The number of nitrogens with zero attached hydrogens (tertiary/aromatic N) is 2. The fourth-order valence-electron chi connectivity index (χ4n) is 3.88. The maximum Gasteiger partial charge on any atom is 0.335 e. The molecule has 1 fully saturated rings. The number of aromatic carboxylic acids is 1. The number of hydrogen-bond donors (Lipinski definition) is 1. The van der Waals surface area contributed by atoms with Crippen LogP contribution in [0.1, 0.15) is 21.5 Å². The lowest BCUT2D eigenvalue weighted by Crippen LogP contribution is -2.30. The highest BCUT2D eigenvalue weighted by Gasteiger charge is 2.32. The number of rotatable bonds is 10. The Bertz CT molecular complexity index is 1440. The molecule has 202 valence electrons. The minimum atomic E-state index is -0.975. The molecule has 1 N–H and O–H groups in total. The van der Waals surface area contributed by atoms with E-state index in [-0.39, 0.29) is 11.5 Å². The van der Waals surface area contributed by atoms with Gasteiger partial charge in [0, 0.05) is 18.7 Å². The number of halogens is 2. The molecule has 0 aromatic heterocycles. The smallest absolute Gasteiger partial charge is 0.335 e. The molecule has 0 bridgehead atoms. The molecule has 1 saturated heterocycles. The SMILES string of the molecule is CN(C)CCOc1ccc(-c2ccc(Cl)c(Cl)c2)cc1/C=C1\SC(=S)N(CCc2ccc(C(=O)O)cc2)C1=O. The van der Waals surface area contributed by atoms with Gasteiger partial charge in [-0.05, 0) is 79.7 Å². The number of thiocarbonyl (C=S) groups is 1. The first kappa shape index (κ1) is 29.1. The number of amides is 1. The Balaban J connectivity index is 1.57. The Hall–Kier alpha value is -2.88. The van der Waals surface area contributed by atoms with E-state index in [9.17, 15) is 9.59 Å². The van der Waals surface area contributed by atoms with Crippen molar-refractivity contribution in [3.63, 3.8) is 0 Å². The first-order valence-electron chi connectivity index (χ1n) is 12.1. The van der Waals surface area contributed by atoms with Crippen molar-refractivity contribution < 1.29 is 19.4 Å². The third-order valence-corrected chi connectivity index (χ3v) is 8.16. The topological polar surface area (TPSA) is 70.1 Å². The van der Waals surface area contributed by atoms with E-state index in [1.54, 1.807) is 41.3 Å². The van der Waals surface area contributed by atoms with Crippen molar-refractivity contribution in [3.8, 4) is 16.9 Å². The molecule has 0 unspecified atom stereocenters. The molecular formula is C29H26Cl2N2O4S2. The molecule has 1 aliphatic rings. The molecule has 0 atom stereocenters. The van der Waals surface area contributed by atoms with Crippen molar-refractivity contribution in [2.75, 3.05) is 33.8 Å². The number of thioether (sulfide) groups is 1. The van der Waals surface area contributed by atoms with E-state index in [1.807, 2.05) is 49.3 Å². The summed E-state index contributed by atoms with van der Waals surface area (Å²) >= 11 is 19.1. The normalized spacial score (nSPS) is 14.5. The van der Waals surface area contributed by atoms with Crippen LogP contribution in [0.4, 0.5) is 0 Å². The number of carbonyl (C=O) groups excluding carboxylic acids is 1. The molecule has 3 aromatic rings. The van der Waals surface area contributed by atoms with Crippen LogP contribution in [-0.4, -0.2) is 64.9 Å². The zero-order chi connectivity index (χ0) is 28.1. The summed E-state index contributed by atoms with van der Waals surface area (Å²) < 4.78 is 6.55. The molecule has 0 saturated carbocycles. The van der Waals surface area contributed by atoms with Crippen LogP contribution in [0.3, 0.4) is 0 Å². The highest BCUT2D eigenvalue weighted by atomic mass is 35.5. The maximum atomic E-state index is 13.3. The molecule has 6 nitrogen and oxygen atoms in total. The van der Waals surface area contributed by atoms with Crippen LogP contribution >= 0.6 is 47.2 Å². The van der Waals surface area contributed by atoms with Gasteiger partial charge < -0.3 is 14.7 Å². The average Bonchev–Trinajstić information content (AvgIpc) is 3.16. The Kier molecular flexibility index (Phi) is 9.69. The number of ether oxygens (including phenoxy) is 1. The van der Waals surface area contributed by atoms with Crippen LogP contribution in [0.5, 0.6) is 5.75 Å². The Morgan fingerprint density at radius 2 is 1.74 bits per heavy atom. The summed E-state index contributed by atoms with van der Waals surface area (Å²) in [5.74, 6) is -0.493. The van der Waals surface area contributed by atoms with Gasteiger partial charge in [0.25, 0.3) is 5.91 Å². The Labute approximate surface area is 247 Å². The van der Waals surface area contributed by atoms with Gasteiger partial charge >= 0.3 is 5.97 Å². The van der Waals surface area contributed by atoms with Gasteiger partial charge in [0.1, 0.15) is 16.7 Å². The van der Waals surface area contributed by atoms with Crippen LogP contribution in [-0.2, 0) is 11.2 Å². The van der Waals surface area contributed by atoms with Crippen molar-refractivity contribution in [1.82, 2.24) is 9.80 Å². The molecule has 1 aliphatic heterocycles. The quantitative estimate of drug-likeness (QED) is 0.204. The lowest BCUT2D eigenvalue weighted by molar-refractivity contribution is -0.122. The molecule has 3 aromatic carbocycles. The van der Waals surface area contributed by atoms with E-state index >= 15 is 0 Å². The zero-order valence-electron chi connectivity index (χ0n) is 21.3. The fourth-order valence-corrected chi connectivity index (χ4v) is 5.47. The largest absolute Gasteiger partial charge is 0.492 e. The van der Waals surface area contributed by atoms with E-state index in [4.69, 9.17) is 45.3 Å². The summed E-state index contributed by atoms with van der Waals surface area (Å²) in [6.07, 6.45) is 2.36. The Morgan fingerprint density at radius 1 is 1.05 bits per heavy atom. The zero-order valence-corrected chi connectivity index (χ0v) is 24.5. The number of carboxylic acids is 1. The van der Waals surface area contributed by atoms with Crippen molar-refractivity contribution >= 4 is 69.5 Å². The van der Waals surface area contributed by atoms with Crippen LogP contribution in [0.25, 0.3) is 17.2 Å². The standard InChI is InChI=1S/C29H26Cl2N2O4S2/c1-32(2)13-14-37-25-10-8-20(21-7-9-23(30)24(31)16-21)15-22(25)17-26-27(34)33(29(38)39-26)12-11-18-3-5-19(6-4-18)28(35)36/h3-10,15-17H,11-14H2,1-2H3,(H,35,36)/b26-17-. The number of carboxylic acid groups (broad SMARTS) is 1. The monoisotopic (exact) mass is 600 g/mol. The van der Waals surface area contributed by atoms with E-state index in [2.05, 4.69) is 0 Å². The summed E-state index contributed by atoms with van der Waals surface area (Å²) in [6.45, 7) is 1.62. The van der Waals surface area contributed by atoms with Gasteiger partial charge in [-0.15, -0.1) is 0 Å². The first-order valence-corrected chi connectivity index (χ1v) is 14.0. The predicted octanol–water partition coefficient (Wildman–Crippen LogP) is 6.74. The van der Waals surface area contributed by atoms with E-state index in [1.165, 1.54) is 11.8 Å². The van der Waals surface area contributed by atoms with Crippen molar-refractivity contribution in [1.29, 1.82) is 0 Å². The number of likely N-dealkylation sites (N-methyl/N-ethyl adjacent to an activating group) is 1. The summed E-state index contributed by atoms with van der Waals surface area (Å²) in [7, 11) is 3.95. The van der Waals surface area contributed by atoms with E-state index in [0.717, 1.165) is 28.8 Å². The van der Waals surface area contributed by atoms with Crippen LogP contribution in [0.15, 0.2) is 65.6 Å². The average molecular weight is 602 g/mol. The van der Waals surface area contributed by atoms with Gasteiger partial charge in [0.15, 0.2) is 0 Å². The first-order chi connectivity index (χ1) is 18.6.